The van der Waals surface area contributed by atoms with Gasteiger partial charge in [-0.2, -0.15) is 0 Å². The number of hydrogen-bond acceptors (Lipinski definition) is 5. The fourth-order valence-corrected chi connectivity index (χ4v) is 4.87. The average Bonchev–Trinajstić information content (AvgIpc) is 3.10. The van der Waals surface area contributed by atoms with Crippen molar-refractivity contribution < 1.29 is 13.2 Å². The number of aromatic nitrogens is 1. The number of carbonyl (C=O) groups excluding carboxylic acids is 1. The number of benzene rings is 2. The van der Waals surface area contributed by atoms with E-state index in [1.165, 1.54) is 16.9 Å². The van der Waals surface area contributed by atoms with E-state index in [2.05, 4.69) is 16.4 Å². The smallest absolute Gasteiger partial charge is 0.275 e. The van der Waals surface area contributed by atoms with Gasteiger partial charge in [-0.1, -0.05) is 35.9 Å². The molecule has 1 N–H and O–H groups in total. The number of aryl methyl sites for hydroxylation is 2. The summed E-state index contributed by atoms with van der Waals surface area (Å²) in [5.41, 5.74) is 4.82. The van der Waals surface area contributed by atoms with Crippen molar-refractivity contribution in [2.24, 2.45) is 0 Å². The van der Waals surface area contributed by atoms with Crippen LogP contribution in [0.15, 0.2) is 47.8 Å². The van der Waals surface area contributed by atoms with E-state index < -0.39 is 14.6 Å². The Morgan fingerprint density at radius 2 is 1.83 bits per heavy atom. The fraction of sp³-hybridized carbons (Fsp3) is 0.304. The van der Waals surface area contributed by atoms with Crippen LogP contribution in [0.4, 0.5) is 5.69 Å². The number of carbonyl (C=O) groups is 1. The van der Waals surface area contributed by atoms with Crippen LogP contribution in [-0.4, -0.2) is 24.1 Å². The zero-order valence-electron chi connectivity index (χ0n) is 17.8. The van der Waals surface area contributed by atoms with E-state index in [-0.39, 0.29) is 11.7 Å². The molecule has 0 aliphatic heterocycles. The Morgan fingerprint density at radius 3 is 2.50 bits per heavy atom. The van der Waals surface area contributed by atoms with E-state index in [0.717, 1.165) is 16.1 Å². The van der Waals surface area contributed by atoms with Gasteiger partial charge < -0.3 is 5.32 Å². The predicted octanol–water partition coefficient (Wildman–Crippen LogP) is 5.39. The molecule has 2 aromatic carbocycles. The topological polar surface area (TPSA) is 76.1 Å². The lowest BCUT2D eigenvalue weighted by molar-refractivity contribution is 0.102. The summed E-state index contributed by atoms with van der Waals surface area (Å²) < 4.78 is 24.1. The maximum absolute atomic E-state index is 12.7. The second-order valence-electron chi connectivity index (χ2n) is 8.38. The third-order valence-corrected chi connectivity index (χ3v) is 8.28. The number of nitrogens with zero attached hydrogens (tertiary/aromatic N) is 1. The van der Waals surface area contributed by atoms with Crippen molar-refractivity contribution in [3.8, 4) is 10.6 Å². The lowest BCUT2D eigenvalue weighted by Crippen LogP contribution is -2.29. The Morgan fingerprint density at radius 1 is 1.10 bits per heavy atom. The summed E-state index contributed by atoms with van der Waals surface area (Å²) in [5, 5.41) is 5.35. The number of hydrogen-bond donors (Lipinski definition) is 1. The Balaban J connectivity index is 1.77. The van der Waals surface area contributed by atoms with Gasteiger partial charge in [0, 0.05) is 16.6 Å². The Bertz CT molecular complexity index is 1190. The molecule has 7 heteroatoms. The molecule has 0 aliphatic rings. The fourth-order valence-electron chi connectivity index (χ4n) is 2.93. The predicted molar refractivity (Wildman–Crippen MR) is 124 cm³/mol. The second-order valence-corrected chi connectivity index (χ2v) is 12.0. The van der Waals surface area contributed by atoms with Gasteiger partial charge in [0.25, 0.3) is 5.91 Å². The summed E-state index contributed by atoms with van der Waals surface area (Å²) in [4.78, 5) is 17.2. The van der Waals surface area contributed by atoms with Crippen LogP contribution >= 0.6 is 11.3 Å². The van der Waals surface area contributed by atoms with Crippen molar-refractivity contribution in [3.63, 3.8) is 0 Å². The van der Waals surface area contributed by atoms with Gasteiger partial charge in [0.1, 0.15) is 10.7 Å². The molecule has 1 amide bonds. The van der Waals surface area contributed by atoms with E-state index in [4.69, 9.17) is 0 Å². The zero-order chi connectivity index (χ0) is 22.1. The third-order valence-electron chi connectivity index (χ3n) is 4.82. The Hall–Kier alpha value is -2.51. The molecule has 5 nitrogen and oxygen atoms in total. The Labute approximate surface area is 182 Å². The minimum absolute atomic E-state index is 0.0756. The lowest BCUT2D eigenvalue weighted by Gasteiger charge is -2.19. The van der Waals surface area contributed by atoms with Crippen LogP contribution in [0.2, 0.25) is 0 Å². The molecule has 0 atom stereocenters. The number of anilines is 1. The molecule has 0 saturated carbocycles. The molecule has 1 aromatic heterocycles. The van der Waals surface area contributed by atoms with Crippen molar-refractivity contribution in [1.29, 1.82) is 0 Å². The summed E-state index contributed by atoms with van der Waals surface area (Å²) in [6.07, 6.45) is 0. The largest absolute Gasteiger partial charge is 0.321 e. The van der Waals surface area contributed by atoms with Crippen LogP contribution in [-0.2, 0) is 15.6 Å². The maximum Gasteiger partial charge on any atom is 0.275 e. The molecular formula is C23H26N2O3S2. The van der Waals surface area contributed by atoms with Crippen LogP contribution in [0.3, 0.4) is 0 Å². The van der Waals surface area contributed by atoms with Crippen LogP contribution < -0.4 is 5.32 Å². The standard InChI is InChI=1S/C23H26N2O3S2/c1-15-9-10-19(16(2)11-15)22-25-20(13-29-22)21(26)24-18-8-6-7-17(12-18)14-30(27,28)23(3,4)5/h6-13H,14H2,1-5H3,(H,24,26). The van der Waals surface area contributed by atoms with E-state index in [0.29, 0.717) is 16.9 Å². The molecule has 3 aromatic rings. The molecule has 0 fully saturated rings. The van der Waals surface area contributed by atoms with Gasteiger partial charge in [-0.25, -0.2) is 13.4 Å². The van der Waals surface area contributed by atoms with Crippen molar-refractivity contribution >= 4 is 32.8 Å². The quantitative estimate of drug-likeness (QED) is 0.574. The number of rotatable bonds is 5. The van der Waals surface area contributed by atoms with Gasteiger partial charge in [-0.05, 0) is 57.9 Å². The van der Waals surface area contributed by atoms with Crippen LogP contribution in [0.1, 0.15) is 48.0 Å². The first kappa shape index (κ1) is 22.2. The monoisotopic (exact) mass is 442 g/mol. The van der Waals surface area contributed by atoms with Gasteiger partial charge in [0.05, 0.1) is 10.5 Å². The Kier molecular flexibility index (Phi) is 6.15. The first-order valence-electron chi connectivity index (χ1n) is 9.62. The van der Waals surface area contributed by atoms with Gasteiger partial charge >= 0.3 is 0 Å². The molecule has 0 spiro atoms. The minimum atomic E-state index is -3.31. The molecular weight excluding hydrogens is 416 g/mol. The molecule has 0 saturated heterocycles. The summed E-state index contributed by atoms with van der Waals surface area (Å²) in [6.45, 7) is 9.12. The molecule has 0 unspecified atom stereocenters. The normalized spacial score (nSPS) is 12.0. The van der Waals surface area contributed by atoms with Gasteiger partial charge in [0.15, 0.2) is 9.84 Å². The number of nitrogens with one attached hydrogen (secondary N) is 1. The first-order valence-corrected chi connectivity index (χ1v) is 12.2. The van der Waals surface area contributed by atoms with E-state index in [1.54, 1.807) is 50.4 Å². The summed E-state index contributed by atoms with van der Waals surface area (Å²) >= 11 is 1.42. The van der Waals surface area contributed by atoms with Crippen molar-refractivity contribution in [1.82, 2.24) is 4.98 Å². The van der Waals surface area contributed by atoms with Gasteiger partial charge in [-0.3, -0.25) is 4.79 Å². The number of sulfone groups is 1. The maximum atomic E-state index is 12.7. The van der Waals surface area contributed by atoms with Gasteiger partial charge in [-0.15, -0.1) is 11.3 Å². The number of thiazole rings is 1. The highest BCUT2D eigenvalue weighted by Crippen LogP contribution is 2.28. The summed E-state index contributed by atoms with van der Waals surface area (Å²) in [6, 6.07) is 13.1. The van der Waals surface area contributed by atoms with Crippen LogP contribution in [0.25, 0.3) is 10.6 Å². The minimum Gasteiger partial charge on any atom is -0.321 e. The van der Waals surface area contributed by atoms with E-state index in [1.807, 2.05) is 26.0 Å². The number of amides is 1. The first-order chi connectivity index (χ1) is 14.0. The molecule has 1 heterocycles. The SMILES string of the molecule is Cc1ccc(-c2nc(C(=O)Nc3cccc(CS(=O)(=O)C(C)(C)C)c3)cs2)c(C)c1. The molecule has 3 rings (SSSR count). The van der Waals surface area contributed by atoms with Gasteiger partial charge in [0.2, 0.25) is 0 Å². The highest BCUT2D eigenvalue weighted by atomic mass is 32.2. The summed E-state index contributed by atoms with van der Waals surface area (Å²) in [5.74, 6) is -0.397. The average molecular weight is 443 g/mol. The molecule has 0 aliphatic carbocycles. The molecule has 30 heavy (non-hydrogen) atoms. The zero-order valence-corrected chi connectivity index (χ0v) is 19.4. The molecule has 158 valence electrons. The highest BCUT2D eigenvalue weighted by Gasteiger charge is 2.29. The van der Waals surface area contributed by atoms with Crippen molar-refractivity contribution in [2.45, 2.75) is 45.1 Å². The van der Waals surface area contributed by atoms with E-state index >= 15 is 0 Å². The highest BCUT2D eigenvalue weighted by molar-refractivity contribution is 7.91. The molecule has 0 radical (unpaired) electrons. The van der Waals surface area contributed by atoms with E-state index in [9.17, 15) is 13.2 Å². The van der Waals surface area contributed by atoms with Crippen molar-refractivity contribution in [2.75, 3.05) is 5.32 Å². The lowest BCUT2D eigenvalue weighted by atomic mass is 10.1. The van der Waals surface area contributed by atoms with Crippen LogP contribution in [0.5, 0.6) is 0 Å². The third kappa shape index (κ3) is 4.96. The second kappa shape index (κ2) is 8.32. The van der Waals surface area contributed by atoms with Crippen molar-refractivity contribution in [3.05, 3.63) is 70.2 Å². The van der Waals surface area contributed by atoms with Crippen LogP contribution in [0, 0.1) is 13.8 Å². The summed E-state index contributed by atoms with van der Waals surface area (Å²) in [7, 11) is -3.31. The molecule has 0 bridgehead atoms.